The summed E-state index contributed by atoms with van der Waals surface area (Å²) in [5.74, 6) is -1.16. The Morgan fingerprint density at radius 3 is 2.56 bits per heavy atom. The van der Waals surface area contributed by atoms with Crippen molar-refractivity contribution in [3.63, 3.8) is 0 Å². The molecule has 0 saturated heterocycles. The van der Waals surface area contributed by atoms with Gasteiger partial charge >= 0.3 is 11.7 Å². The monoisotopic (exact) mass is 651 g/mol. The molecular formula is C29H22BrN3O6S2. The number of nitro groups is 1. The van der Waals surface area contributed by atoms with Crippen LogP contribution in [0.4, 0.5) is 5.69 Å². The standard InChI is InChI=1S/C29H22BrN3O6S2/c1-3-39-28(36)23-24(16-7-5-4-6-8-16)31-29-32(25(23)17-9-11-20(40-2)12-10-17)27(35)22(41-29)14-18-13-19(30)15-21(26(18)34)33(37)38/h4-15,25,34H,3H2,1-2H3/b22-14-/t25-/m1/s1. The van der Waals surface area contributed by atoms with Gasteiger partial charge in [-0.2, -0.15) is 0 Å². The number of thiazole rings is 1. The summed E-state index contributed by atoms with van der Waals surface area (Å²) >= 11 is 5.86. The summed E-state index contributed by atoms with van der Waals surface area (Å²) < 4.78 is 7.45. The van der Waals surface area contributed by atoms with Gasteiger partial charge in [0.1, 0.15) is 0 Å². The zero-order chi connectivity index (χ0) is 29.3. The number of aromatic hydroxyl groups is 1. The third kappa shape index (κ3) is 5.50. The molecule has 1 N–H and O–H groups in total. The first kappa shape index (κ1) is 28.5. The van der Waals surface area contributed by atoms with Crippen LogP contribution < -0.4 is 14.9 Å². The van der Waals surface area contributed by atoms with E-state index >= 15 is 0 Å². The highest BCUT2D eigenvalue weighted by Gasteiger charge is 2.35. The average molecular weight is 653 g/mol. The summed E-state index contributed by atoms with van der Waals surface area (Å²) in [6, 6.07) is 18.6. The molecule has 5 rings (SSSR count). The fraction of sp³-hybridized carbons (Fsp3) is 0.138. The number of nitrogens with zero attached hydrogens (tertiary/aromatic N) is 3. The lowest BCUT2D eigenvalue weighted by molar-refractivity contribution is -0.385. The van der Waals surface area contributed by atoms with Crippen molar-refractivity contribution in [3.05, 3.63) is 123 Å². The van der Waals surface area contributed by atoms with E-state index in [-0.39, 0.29) is 22.3 Å². The highest BCUT2D eigenvalue weighted by molar-refractivity contribution is 9.10. The number of benzene rings is 3. The lowest BCUT2D eigenvalue weighted by Gasteiger charge is -2.26. The molecule has 4 aromatic rings. The van der Waals surface area contributed by atoms with Crippen molar-refractivity contribution in [3.8, 4) is 5.75 Å². The number of phenols is 1. The SMILES string of the molecule is CCOC(=O)C1=C(c2ccccc2)N=c2s/c(=C\c3cc(Br)cc([N+](=O)[O-])c3O)c(=O)n2[C@@H]1c1ccc(SC)cc1. The van der Waals surface area contributed by atoms with Gasteiger partial charge in [0.15, 0.2) is 4.80 Å². The molecule has 1 aliphatic heterocycles. The van der Waals surface area contributed by atoms with Crippen LogP contribution in [0.3, 0.4) is 0 Å². The molecule has 0 bridgehead atoms. The van der Waals surface area contributed by atoms with Crippen molar-refractivity contribution in [1.29, 1.82) is 0 Å². The minimum absolute atomic E-state index is 0.0881. The summed E-state index contributed by atoms with van der Waals surface area (Å²) in [5.41, 5.74) is 1.09. The summed E-state index contributed by atoms with van der Waals surface area (Å²) in [6.45, 7) is 1.84. The van der Waals surface area contributed by atoms with E-state index in [1.54, 1.807) is 18.7 Å². The van der Waals surface area contributed by atoms with Crippen molar-refractivity contribution in [1.82, 2.24) is 4.57 Å². The van der Waals surface area contributed by atoms with Gasteiger partial charge in [0.05, 0.1) is 33.4 Å². The van der Waals surface area contributed by atoms with Gasteiger partial charge in [-0.15, -0.1) is 11.8 Å². The molecular weight excluding hydrogens is 630 g/mol. The molecule has 0 saturated carbocycles. The van der Waals surface area contributed by atoms with Crippen LogP contribution in [0.5, 0.6) is 5.75 Å². The molecule has 0 unspecified atom stereocenters. The van der Waals surface area contributed by atoms with E-state index in [0.717, 1.165) is 16.2 Å². The van der Waals surface area contributed by atoms with Crippen molar-refractivity contribution < 1.29 is 19.6 Å². The topological polar surface area (TPSA) is 124 Å². The number of rotatable bonds is 7. The molecule has 1 aliphatic rings. The smallest absolute Gasteiger partial charge is 0.338 e. The van der Waals surface area contributed by atoms with Crippen molar-refractivity contribution in [2.45, 2.75) is 17.9 Å². The Kier molecular flexibility index (Phi) is 8.25. The second-order valence-electron chi connectivity index (χ2n) is 8.82. The summed E-state index contributed by atoms with van der Waals surface area (Å²) in [4.78, 5) is 44.4. The highest BCUT2D eigenvalue weighted by atomic mass is 79.9. The number of hydrogen-bond acceptors (Lipinski definition) is 9. The number of halogens is 1. The lowest BCUT2D eigenvalue weighted by atomic mass is 9.93. The minimum atomic E-state index is -0.857. The van der Waals surface area contributed by atoms with Crippen LogP contribution in [0.25, 0.3) is 11.8 Å². The van der Waals surface area contributed by atoms with Crippen LogP contribution >= 0.6 is 39.0 Å². The Balaban J connectivity index is 1.83. The van der Waals surface area contributed by atoms with Crippen LogP contribution in [-0.4, -0.2) is 33.4 Å². The highest BCUT2D eigenvalue weighted by Crippen LogP contribution is 2.36. The maximum Gasteiger partial charge on any atom is 0.338 e. The molecule has 9 nitrogen and oxygen atoms in total. The van der Waals surface area contributed by atoms with Gasteiger partial charge in [-0.3, -0.25) is 19.5 Å². The molecule has 41 heavy (non-hydrogen) atoms. The Hall–Kier alpha value is -4.00. The van der Waals surface area contributed by atoms with E-state index in [1.165, 1.54) is 22.8 Å². The van der Waals surface area contributed by atoms with E-state index in [1.807, 2.05) is 60.9 Å². The summed E-state index contributed by atoms with van der Waals surface area (Å²) in [5, 5.41) is 22.0. The number of aromatic nitrogens is 1. The first-order chi connectivity index (χ1) is 19.7. The number of carbonyl (C=O) groups is 1. The van der Waals surface area contributed by atoms with Crippen molar-refractivity contribution in [2.24, 2.45) is 4.99 Å². The molecule has 208 valence electrons. The van der Waals surface area contributed by atoms with Crippen LogP contribution in [0.2, 0.25) is 0 Å². The summed E-state index contributed by atoms with van der Waals surface area (Å²) in [6.07, 6.45) is 3.35. The first-order valence-corrected chi connectivity index (χ1v) is 15.2. The number of ether oxygens (including phenoxy) is 1. The third-order valence-corrected chi connectivity index (χ3v) is 8.56. The molecule has 0 aliphatic carbocycles. The second kappa shape index (κ2) is 11.9. The first-order valence-electron chi connectivity index (χ1n) is 12.3. The van der Waals surface area contributed by atoms with Gasteiger partial charge in [0.2, 0.25) is 5.75 Å². The van der Waals surface area contributed by atoms with E-state index in [0.29, 0.717) is 26.1 Å². The van der Waals surface area contributed by atoms with Gasteiger partial charge in [-0.1, -0.05) is 69.7 Å². The van der Waals surface area contributed by atoms with E-state index in [9.17, 15) is 24.8 Å². The van der Waals surface area contributed by atoms with Crippen molar-refractivity contribution >= 4 is 62.5 Å². The number of carbonyl (C=O) groups excluding carboxylic acids is 1. The number of fused-ring (bicyclic) bond motifs is 1. The number of thioether (sulfide) groups is 1. The van der Waals surface area contributed by atoms with Gasteiger partial charge in [0.25, 0.3) is 5.56 Å². The number of phenolic OH excluding ortho intramolecular Hbond substituents is 1. The normalized spacial score (nSPS) is 14.9. The van der Waals surface area contributed by atoms with E-state index in [2.05, 4.69) is 15.9 Å². The Morgan fingerprint density at radius 2 is 1.93 bits per heavy atom. The molecule has 0 radical (unpaired) electrons. The zero-order valence-electron chi connectivity index (χ0n) is 21.7. The van der Waals surface area contributed by atoms with E-state index < -0.39 is 33.9 Å². The number of esters is 1. The van der Waals surface area contributed by atoms with Crippen LogP contribution in [0, 0.1) is 10.1 Å². The largest absolute Gasteiger partial charge is 0.502 e. The zero-order valence-corrected chi connectivity index (χ0v) is 25.0. The van der Waals surface area contributed by atoms with Gasteiger partial charge < -0.3 is 9.84 Å². The Morgan fingerprint density at radius 1 is 1.22 bits per heavy atom. The molecule has 2 heterocycles. The predicted molar refractivity (Wildman–Crippen MR) is 162 cm³/mol. The molecule has 0 spiro atoms. The molecule has 0 fully saturated rings. The fourth-order valence-corrected chi connectivity index (χ4v) is 6.40. The Bertz CT molecular complexity index is 1880. The molecule has 1 aromatic heterocycles. The van der Waals surface area contributed by atoms with Crippen molar-refractivity contribution in [2.75, 3.05) is 12.9 Å². The third-order valence-electron chi connectivity index (χ3n) is 6.37. The minimum Gasteiger partial charge on any atom is -0.502 e. The van der Waals surface area contributed by atoms with Crippen LogP contribution in [0.15, 0.2) is 91.5 Å². The predicted octanol–water partition coefficient (Wildman–Crippen LogP) is 5.03. The maximum absolute atomic E-state index is 14.0. The average Bonchev–Trinajstić information content (AvgIpc) is 3.28. The lowest BCUT2D eigenvalue weighted by Crippen LogP contribution is -2.40. The van der Waals surface area contributed by atoms with E-state index in [4.69, 9.17) is 9.73 Å². The number of nitro benzene ring substituents is 1. The number of hydrogen-bond donors (Lipinski definition) is 1. The molecule has 1 atom stereocenters. The summed E-state index contributed by atoms with van der Waals surface area (Å²) in [7, 11) is 0. The van der Waals surface area contributed by atoms with Gasteiger partial charge in [-0.05, 0) is 43.0 Å². The molecule has 12 heteroatoms. The van der Waals surface area contributed by atoms with Gasteiger partial charge in [-0.25, -0.2) is 9.79 Å². The Labute approximate surface area is 250 Å². The second-order valence-corrected chi connectivity index (χ2v) is 11.6. The quantitative estimate of drug-likeness (QED) is 0.129. The fourth-order valence-electron chi connectivity index (χ4n) is 4.54. The van der Waals surface area contributed by atoms with Gasteiger partial charge in [0, 0.05) is 26.6 Å². The molecule has 3 aromatic carbocycles. The van der Waals surface area contributed by atoms with Crippen LogP contribution in [0.1, 0.15) is 29.7 Å². The molecule has 0 amide bonds. The van der Waals surface area contributed by atoms with Crippen LogP contribution in [-0.2, 0) is 9.53 Å². The maximum atomic E-state index is 14.0.